The minimum absolute atomic E-state index is 0.0908. The largest absolute Gasteiger partial charge is 0.504 e. The molecule has 1 aliphatic rings. The van der Waals surface area contributed by atoms with Crippen LogP contribution in [0.4, 0.5) is 0 Å². The van der Waals surface area contributed by atoms with Gasteiger partial charge >= 0.3 is 11.9 Å². The molecule has 14 nitrogen and oxygen atoms in total. The molecule has 0 aromatic heterocycles. The maximum atomic E-state index is 12.4. The Morgan fingerprint density at radius 1 is 0.795 bits per heavy atom. The van der Waals surface area contributed by atoms with Crippen molar-refractivity contribution in [1.82, 2.24) is 0 Å². The third-order valence-electron chi connectivity index (χ3n) is 6.52. The van der Waals surface area contributed by atoms with Gasteiger partial charge in [0.05, 0.1) is 12.7 Å². The fourth-order valence-electron chi connectivity index (χ4n) is 4.09. The molecule has 0 bridgehead atoms. The second-order valence-corrected chi connectivity index (χ2v) is 9.61. The molecule has 4 rings (SSSR count). The maximum Gasteiger partial charge on any atom is 0.338 e. The number of phenols is 4. The summed E-state index contributed by atoms with van der Waals surface area (Å²) in [5, 5.41) is 70.1. The minimum Gasteiger partial charge on any atom is -0.504 e. The first kappa shape index (κ1) is 31.9. The number of carbonyl (C=O) groups excluding carboxylic acids is 2. The molecule has 3 aromatic rings. The zero-order valence-electron chi connectivity index (χ0n) is 23.1. The molecule has 0 saturated carbocycles. The second-order valence-electron chi connectivity index (χ2n) is 9.61. The van der Waals surface area contributed by atoms with Gasteiger partial charge in [0.1, 0.15) is 37.6 Å². The van der Waals surface area contributed by atoms with Crippen LogP contribution in [0.15, 0.2) is 60.7 Å². The molecule has 1 aliphatic heterocycles. The molecule has 1 saturated heterocycles. The summed E-state index contributed by atoms with van der Waals surface area (Å²) in [6.07, 6.45) is -5.75. The van der Waals surface area contributed by atoms with E-state index in [1.165, 1.54) is 67.8 Å². The van der Waals surface area contributed by atoms with E-state index in [0.29, 0.717) is 11.1 Å². The quantitative estimate of drug-likeness (QED) is 0.0972. The van der Waals surface area contributed by atoms with Gasteiger partial charge in [-0.3, -0.25) is 0 Å². The van der Waals surface area contributed by atoms with Crippen LogP contribution in [0.1, 0.15) is 21.5 Å². The SMILES string of the molecule is COc1cc(C(=O)OCc2ccc(O[C@@H]3O[C@H](COC(=O)/C=C/c4ccc(O)c(O)c4)[C@@H](O)[C@H](O)[C@H]3O)c(O)c2)ccc1O. The number of aromatic hydroxyl groups is 4. The number of rotatable bonds is 10. The second kappa shape index (κ2) is 14.0. The number of carbonyl (C=O) groups is 2. The minimum atomic E-state index is -1.76. The molecule has 0 radical (unpaired) electrons. The van der Waals surface area contributed by atoms with Crippen LogP contribution in [0, 0.1) is 0 Å². The van der Waals surface area contributed by atoms with Crippen molar-refractivity contribution in [3.63, 3.8) is 0 Å². The average Bonchev–Trinajstić information content (AvgIpc) is 3.01. The van der Waals surface area contributed by atoms with Crippen molar-refractivity contribution >= 4 is 18.0 Å². The predicted molar refractivity (Wildman–Crippen MR) is 149 cm³/mol. The van der Waals surface area contributed by atoms with Gasteiger partial charge in [-0.05, 0) is 59.7 Å². The Hall–Kier alpha value is -5.02. The summed E-state index contributed by atoms with van der Waals surface area (Å²) in [6.45, 7) is -0.781. The highest BCUT2D eigenvalue weighted by Gasteiger charge is 2.45. The zero-order chi connectivity index (χ0) is 32.0. The van der Waals surface area contributed by atoms with Crippen molar-refractivity contribution in [2.75, 3.05) is 13.7 Å². The van der Waals surface area contributed by atoms with Gasteiger partial charge in [-0.25, -0.2) is 9.59 Å². The smallest absolute Gasteiger partial charge is 0.338 e. The third kappa shape index (κ3) is 7.67. The number of ether oxygens (including phenoxy) is 5. The lowest BCUT2D eigenvalue weighted by molar-refractivity contribution is -0.278. The van der Waals surface area contributed by atoms with Crippen LogP contribution in [0.2, 0.25) is 0 Å². The summed E-state index contributed by atoms with van der Waals surface area (Å²) >= 11 is 0. The number of esters is 2. The zero-order valence-corrected chi connectivity index (χ0v) is 23.1. The lowest BCUT2D eigenvalue weighted by atomic mass is 9.99. The first-order valence-electron chi connectivity index (χ1n) is 13.1. The van der Waals surface area contributed by atoms with E-state index in [2.05, 4.69) is 0 Å². The number of benzene rings is 3. The summed E-state index contributed by atoms with van der Waals surface area (Å²) in [5.74, 6) is -2.93. The third-order valence-corrected chi connectivity index (χ3v) is 6.52. The van der Waals surface area contributed by atoms with Crippen LogP contribution >= 0.6 is 0 Å². The summed E-state index contributed by atoms with van der Waals surface area (Å²) in [7, 11) is 1.33. The first-order chi connectivity index (χ1) is 21.0. The molecule has 0 amide bonds. The van der Waals surface area contributed by atoms with Gasteiger partial charge in [-0.1, -0.05) is 12.1 Å². The van der Waals surface area contributed by atoms with Crippen LogP contribution in [0.25, 0.3) is 6.08 Å². The molecule has 5 atom stereocenters. The van der Waals surface area contributed by atoms with E-state index in [4.69, 9.17) is 23.7 Å². The predicted octanol–water partition coefficient (Wildman–Crippen LogP) is 1.32. The Bertz CT molecular complexity index is 1520. The van der Waals surface area contributed by atoms with E-state index in [1.807, 2.05) is 0 Å². The molecule has 0 spiro atoms. The lowest BCUT2D eigenvalue weighted by Gasteiger charge is -2.39. The molecule has 44 heavy (non-hydrogen) atoms. The highest BCUT2D eigenvalue weighted by molar-refractivity contribution is 5.90. The number of hydrogen-bond acceptors (Lipinski definition) is 14. The van der Waals surface area contributed by atoms with Crippen molar-refractivity contribution in [3.8, 4) is 34.5 Å². The molecule has 0 aliphatic carbocycles. The number of aliphatic hydroxyl groups excluding tert-OH is 3. The van der Waals surface area contributed by atoms with Gasteiger partial charge in [0.15, 0.2) is 34.5 Å². The molecular weight excluding hydrogens is 584 g/mol. The van der Waals surface area contributed by atoms with Gasteiger partial charge in [-0.2, -0.15) is 0 Å². The molecule has 7 N–H and O–H groups in total. The van der Waals surface area contributed by atoms with Crippen molar-refractivity contribution in [3.05, 3.63) is 77.4 Å². The van der Waals surface area contributed by atoms with Crippen LogP contribution < -0.4 is 9.47 Å². The highest BCUT2D eigenvalue weighted by Crippen LogP contribution is 2.32. The maximum absolute atomic E-state index is 12.4. The summed E-state index contributed by atoms with van der Waals surface area (Å²) in [5.41, 5.74) is 0.886. The molecule has 3 aromatic carbocycles. The van der Waals surface area contributed by atoms with Crippen LogP contribution in [0.3, 0.4) is 0 Å². The van der Waals surface area contributed by atoms with Crippen LogP contribution in [-0.2, 0) is 25.6 Å². The summed E-state index contributed by atoms with van der Waals surface area (Å²) in [4.78, 5) is 24.5. The standard InChI is InChI=1S/C30H30O14/c1-40-23-12-17(5-7-19(23)32)29(39)42-13-16-3-8-22(21(34)11-16)43-30-28(38)27(37)26(36)24(44-30)14-41-25(35)9-4-15-2-6-18(31)20(33)10-15/h2-12,24,26-28,30-34,36-38H,13-14H2,1H3/b9-4+/t24-,26-,27+,28-,30-/m1/s1. The van der Waals surface area contributed by atoms with Crippen molar-refractivity contribution in [1.29, 1.82) is 0 Å². The topological polar surface area (TPSA) is 222 Å². The Morgan fingerprint density at radius 3 is 2.25 bits per heavy atom. The fraction of sp³-hybridized carbons (Fsp3) is 0.267. The van der Waals surface area contributed by atoms with E-state index in [0.717, 1.165) is 6.08 Å². The molecular formula is C30H30O14. The van der Waals surface area contributed by atoms with Crippen LogP contribution in [0.5, 0.6) is 34.5 Å². The van der Waals surface area contributed by atoms with Crippen molar-refractivity contribution in [2.24, 2.45) is 0 Å². The number of hydrogen-bond donors (Lipinski definition) is 7. The highest BCUT2D eigenvalue weighted by atomic mass is 16.7. The van der Waals surface area contributed by atoms with Gasteiger partial charge in [0.2, 0.25) is 6.29 Å². The molecule has 0 unspecified atom stereocenters. The normalized spacial score (nSPS) is 21.5. The fourth-order valence-corrected chi connectivity index (χ4v) is 4.09. The van der Waals surface area contributed by atoms with Gasteiger partial charge in [0.25, 0.3) is 0 Å². The van der Waals surface area contributed by atoms with Gasteiger partial charge in [0, 0.05) is 6.08 Å². The van der Waals surface area contributed by atoms with E-state index in [1.54, 1.807) is 0 Å². The Morgan fingerprint density at radius 2 is 1.55 bits per heavy atom. The number of phenolic OH excluding ortho intramolecular Hbond substituents is 4. The molecule has 1 heterocycles. The van der Waals surface area contributed by atoms with Crippen molar-refractivity contribution < 1.29 is 69.0 Å². The van der Waals surface area contributed by atoms with E-state index in [-0.39, 0.29) is 40.9 Å². The van der Waals surface area contributed by atoms with E-state index in [9.17, 15) is 45.3 Å². The Labute approximate surface area is 250 Å². The Balaban J connectivity index is 1.33. The lowest BCUT2D eigenvalue weighted by Crippen LogP contribution is -2.60. The molecule has 1 fully saturated rings. The van der Waals surface area contributed by atoms with E-state index < -0.39 is 55.0 Å². The van der Waals surface area contributed by atoms with Crippen molar-refractivity contribution in [2.45, 2.75) is 37.3 Å². The average molecular weight is 615 g/mol. The molecule has 234 valence electrons. The van der Waals surface area contributed by atoms with Gasteiger partial charge < -0.3 is 59.4 Å². The first-order valence-corrected chi connectivity index (χ1v) is 13.1. The van der Waals surface area contributed by atoms with Gasteiger partial charge in [-0.15, -0.1) is 0 Å². The number of aliphatic hydroxyl groups is 3. The molecule has 14 heteroatoms. The van der Waals surface area contributed by atoms with Crippen LogP contribution in [-0.4, -0.2) is 92.1 Å². The monoisotopic (exact) mass is 614 g/mol. The Kier molecular flexibility index (Phi) is 10.1. The summed E-state index contributed by atoms with van der Waals surface area (Å²) < 4.78 is 26.3. The van der Waals surface area contributed by atoms with E-state index >= 15 is 0 Å². The number of methoxy groups -OCH3 is 1. The summed E-state index contributed by atoms with van der Waals surface area (Å²) in [6, 6.07) is 11.8.